The summed E-state index contributed by atoms with van der Waals surface area (Å²) in [6.07, 6.45) is 0. The second kappa shape index (κ2) is 7.70. The first kappa shape index (κ1) is 19.2. The molecule has 2 heterocycles. The van der Waals surface area contributed by atoms with E-state index in [2.05, 4.69) is 10.2 Å². The number of carbonyl (C=O) groups is 1. The van der Waals surface area contributed by atoms with Crippen LogP contribution in [0.3, 0.4) is 0 Å². The molecule has 0 bridgehead atoms. The fourth-order valence-electron chi connectivity index (χ4n) is 2.98. The van der Waals surface area contributed by atoms with E-state index in [1.165, 1.54) is 28.7 Å². The maximum absolute atomic E-state index is 12.6. The van der Waals surface area contributed by atoms with Gasteiger partial charge in [-0.1, -0.05) is 47.6 Å². The normalized spacial score (nSPS) is 11.3. The molecule has 28 heavy (non-hydrogen) atoms. The first-order valence-corrected chi connectivity index (χ1v) is 10.9. The molecule has 0 spiro atoms. The molecule has 0 amide bonds. The van der Waals surface area contributed by atoms with Gasteiger partial charge in [0, 0.05) is 15.6 Å². The van der Waals surface area contributed by atoms with Crippen molar-refractivity contribution < 1.29 is 9.21 Å². The van der Waals surface area contributed by atoms with Crippen LogP contribution in [0.1, 0.15) is 27.0 Å². The number of thiophene rings is 1. The van der Waals surface area contributed by atoms with E-state index in [-0.39, 0.29) is 11.5 Å². The number of Topliss-reactive ketones (excluding diaryl/α,β-unsaturated/α-hetero) is 1. The van der Waals surface area contributed by atoms with E-state index in [0.29, 0.717) is 16.1 Å². The van der Waals surface area contributed by atoms with Gasteiger partial charge in [-0.2, -0.15) is 0 Å². The summed E-state index contributed by atoms with van der Waals surface area (Å²) in [5.41, 5.74) is 4.02. The second-order valence-electron chi connectivity index (χ2n) is 6.58. The lowest BCUT2D eigenvalue weighted by Gasteiger charge is -2.08. The number of hydrogen-bond donors (Lipinski definition) is 0. The topological polar surface area (TPSA) is 56.0 Å². The highest BCUT2D eigenvalue weighted by atomic mass is 35.5. The molecule has 0 N–H and O–H groups in total. The van der Waals surface area contributed by atoms with Gasteiger partial charge in [0.05, 0.1) is 10.8 Å². The number of ketones is 1. The van der Waals surface area contributed by atoms with Crippen molar-refractivity contribution in [3.8, 4) is 10.8 Å². The summed E-state index contributed by atoms with van der Waals surface area (Å²) < 4.78 is 6.82. The maximum atomic E-state index is 12.6. The van der Waals surface area contributed by atoms with E-state index >= 15 is 0 Å². The van der Waals surface area contributed by atoms with Gasteiger partial charge in [0.25, 0.3) is 11.1 Å². The lowest BCUT2D eigenvalue weighted by Crippen LogP contribution is -2.06. The number of nitrogens with zero attached hydrogens (tertiary/aromatic N) is 2. The summed E-state index contributed by atoms with van der Waals surface area (Å²) >= 11 is 9.23. The third kappa shape index (κ3) is 3.60. The Morgan fingerprint density at radius 3 is 2.64 bits per heavy atom. The molecule has 0 radical (unpaired) electrons. The molecule has 2 aromatic heterocycles. The van der Waals surface area contributed by atoms with Crippen molar-refractivity contribution in [3.63, 3.8) is 0 Å². The first-order chi connectivity index (χ1) is 13.4. The van der Waals surface area contributed by atoms with Crippen LogP contribution in [-0.2, 0) is 0 Å². The molecular formula is C21H17ClN2O2S2. The maximum Gasteiger partial charge on any atom is 0.277 e. The Balaban J connectivity index is 1.51. The molecule has 0 aliphatic heterocycles. The second-order valence-corrected chi connectivity index (χ2v) is 8.93. The van der Waals surface area contributed by atoms with Gasteiger partial charge in [-0.05, 0) is 49.6 Å². The lowest BCUT2D eigenvalue weighted by molar-refractivity contribution is 0.102. The van der Waals surface area contributed by atoms with Crippen LogP contribution in [0.15, 0.2) is 46.0 Å². The molecular weight excluding hydrogens is 412 g/mol. The smallest absolute Gasteiger partial charge is 0.277 e. The minimum absolute atomic E-state index is 0.0465. The SMILES string of the molecule is Cc1cc(C)c(C(=O)CSc2nnc(-c3sc4ccccc4c3Cl)o2)cc1C. The standard InChI is InChI=1S/C21H17ClN2O2S2/c1-11-8-13(3)15(9-12(11)2)16(25)10-27-21-24-23-20(26-21)19-18(22)14-6-4-5-7-17(14)28-19/h4-9H,10H2,1-3H3. The third-order valence-corrected chi connectivity index (χ3v) is 7.09. The van der Waals surface area contributed by atoms with Gasteiger partial charge in [0.15, 0.2) is 5.78 Å². The van der Waals surface area contributed by atoms with Crippen LogP contribution in [0.5, 0.6) is 0 Å². The third-order valence-electron chi connectivity index (χ3n) is 4.60. The number of thioether (sulfide) groups is 1. The number of rotatable bonds is 5. The average molecular weight is 429 g/mol. The monoisotopic (exact) mass is 428 g/mol. The Kier molecular flexibility index (Phi) is 5.27. The summed E-state index contributed by atoms with van der Waals surface area (Å²) in [6.45, 7) is 6.01. The van der Waals surface area contributed by atoms with Gasteiger partial charge in [-0.3, -0.25) is 4.79 Å². The fourth-order valence-corrected chi connectivity index (χ4v) is 5.06. The van der Waals surface area contributed by atoms with Crippen LogP contribution < -0.4 is 0 Å². The molecule has 4 nitrogen and oxygen atoms in total. The lowest BCUT2D eigenvalue weighted by atomic mass is 9.99. The molecule has 0 aliphatic carbocycles. The molecule has 0 fully saturated rings. The zero-order valence-electron chi connectivity index (χ0n) is 15.6. The quantitative estimate of drug-likeness (QED) is 0.268. The Hall–Kier alpha value is -2.15. The predicted molar refractivity (Wildman–Crippen MR) is 116 cm³/mol. The van der Waals surface area contributed by atoms with Crippen molar-refractivity contribution in [1.29, 1.82) is 0 Å². The zero-order chi connectivity index (χ0) is 19.8. The molecule has 0 saturated carbocycles. The van der Waals surface area contributed by atoms with Gasteiger partial charge in [-0.25, -0.2) is 0 Å². The Bertz CT molecular complexity index is 1200. The van der Waals surface area contributed by atoms with E-state index in [9.17, 15) is 4.79 Å². The molecule has 142 valence electrons. The highest BCUT2D eigenvalue weighted by Gasteiger charge is 2.19. The van der Waals surface area contributed by atoms with E-state index in [1.54, 1.807) is 0 Å². The largest absolute Gasteiger partial charge is 0.410 e. The van der Waals surface area contributed by atoms with Crippen LogP contribution in [-0.4, -0.2) is 21.7 Å². The number of benzene rings is 2. The van der Waals surface area contributed by atoms with Gasteiger partial charge < -0.3 is 4.42 Å². The van der Waals surface area contributed by atoms with Crippen LogP contribution in [0.4, 0.5) is 0 Å². The van der Waals surface area contributed by atoms with Crippen molar-refractivity contribution in [2.45, 2.75) is 26.0 Å². The van der Waals surface area contributed by atoms with Gasteiger partial charge in [0.2, 0.25) is 0 Å². The zero-order valence-corrected chi connectivity index (χ0v) is 18.0. The van der Waals surface area contributed by atoms with E-state index in [1.807, 2.05) is 57.2 Å². The number of aryl methyl sites for hydroxylation is 3. The van der Waals surface area contributed by atoms with Crippen molar-refractivity contribution in [2.75, 3.05) is 5.75 Å². The van der Waals surface area contributed by atoms with Crippen LogP contribution in [0.25, 0.3) is 20.9 Å². The number of fused-ring (bicyclic) bond motifs is 1. The van der Waals surface area contributed by atoms with Crippen LogP contribution in [0, 0.1) is 20.8 Å². The van der Waals surface area contributed by atoms with Crippen molar-refractivity contribution in [1.82, 2.24) is 10.2 Å². The summed E-state index contributed by atoms with van der Waals surface area (Å²) in [6, 6.07) is 11.9. The number of hydrogen-bond acceptors (Lipinski definition) is 6. The van der Waals surface area contributed by atoms with E-state index in [4.69, 9.17) is 16.0 Å². The average Bonchev–Trinajstić information content (AvgIpc) is 3.27. The van der Waals surface area contributed by atoms with Crippen LogP contribution in [0.2, 0.25) is 5.02 Å². The first-order valence-electron chi connectivity index (χ1n) is 8.69. The number of carbonyl (C=O) groups excluding carboxylic acids is 1. The molecule has 4 rings (SSSR count). The Morgan fingerprint density at radius 2 is 1.86 bits per heavy atom. The van der Waals surface area contributed by atoms with Crippen molar-refractivity contribution in [3.05, 3.63) is 63.7 Å². The summed E-state index contributed by atoms with van der Waals surface area (Å²) in [7, 11) is 0. The van der Waals surface area contributed by atoms with Crippen LogP contribution >= 0.6 is 34.7 Å². The molecule has 2 aromatic carbocycles. The summed E-state index contributed by atoms with van der Waals surface area (Å²) in [4.78, 5) is 13.4. The molecule has 0 unspecified atom stereocenters. The van der Waals surface area contributed by atoms with Gasteiger partial charge in [-0.15, -0.1) is 21.5 Å². The van der Waals surface area contributed by atoms with Crippen molar-refractivity contribution >= 4 is 50.6 Å². The predicted octanol–water partition coefficient (Wildman–Crippen LogP) is 6.50. The van der Waals surface area contributed by atoms with Gasteiger partial charge >= 0.3 is 0 Å². The van der Waals surface area contributed by atoms with Gasteiger partial charge in [0.1, 0.15) is 4.88 Å². The van der Waals surface area contributed by atoms with E-state index < -0.39 is 0 Å². The minimum Gasteiger partial charge on any atom is -0.410 e. The summed E-state index contributed by atoms with van der Waals surface area (Å²) in [5.74, 6) is 0.666. The fraction of sp³-hybridized carbons (Fsp3) is 0.190. The molecule has 7 heteroatoms. The minimum atomic E-state index is 0.0465. The number of halogens is 1. The summed E-state index contributed by atoms with van der Waals surface area (Å²) in [5, 5.41) is 10.1. The molecule has 0 aliphatic rings. The molecule has 0 atom stereocenters. The van der Waals surface area contributed by atoms with E-state index in [0.717, 1.165) is 31.7 Å². The highest BCUT2D eigenvalue weighted by molar-refractivity contribution is 7.99. The number of aromatic nitrogens is 2. The highest BCUT2D eigenvalue weighted by Crippen LogP contribution is 2.41. The molecule has 4 aromatic rings. The Morgan fingerprint density at radius 1 is 1.11 bits per heavy atom. The molecule has 0 saturated heterocycles. The Labute approximate surface area is 175 Å². The van der Waals surface area contributed by atoms with Crippen molar-refractivity contribution in [2.24, 2.45) is 0 Å².